The zero-order valence-electron chi connectivity index (χ0n) is 9.96. The van der Waals surface area contributed by atoms with E-state index < -0.39 is 12.0 Å². The average molecular weight is 241 g/mol. The summed E-state index contributed by atoms with van der Waals surface area (Å²) in [4.78, 5) is 10.5. The van der Waals surface area contributed by atoms with Crippen molar-refractivity contribution in [2.45, 2.75) is 31.8 Å². The van der Waals surface area contributed by atoms with E-state index in [2.05, 4.69) is 15.5 Å². The van der Waals surface area contributed by atoms with E-state index in [1.165, 1.54) is 0 Å². The summed E-state index contributed by atoms with van der Waals surface area (Å²) < 4.78 is 1.85. The fourth-order valence-corrected chi connectivity index (χ4v) is 1.41. The van der Waals surface area contributed by atoms with E-state index in [1.807, 2.05) is 11.6 Å². The summed E-state index contributed by atoms with van der Waals surface area (Å²) in [6, 6.07) is -0.742. The number of aryl methyl sites for hydroxylation is 1. The maximum absolute atomic E-state index is 10.5. The molecular formula is C10H19N5O2. The quantitative estimate of drug-likeness (QED) is 0.529. The van der Waals surface area contributed by atoms with E-state index in [-0.39, 0.29) is 0 Å². The molecular weight excluding hydrogens is 222 g/mol. The van der Waals surface area contributed by atoms with Gasteiger partial charge in [0.25, 0.3) is 0 Å². The normalized spacial score (nSPS) is 12.6. The van der Waals surface area contributed by atoms with Crippen molar-refractivity contribution in [3.8, 4) is 0 Å². The first-order valence-electron chi connectivity index (χ1n) is 5.63. The summed E-state index contributed by atoms with van der Waals surface area (Å²) in [5, 5.41) is 19.5. The lowest BCUT2D eigenvalue weighted by atomic mass is 10.1. The first-order valence-corrected chi connectivity index (χ1v) is 5.63. The second-order valence-corrected chi connectivity index (χ2v) is 3.98. The molecule has 0 aromatic carbocycles. The van der Waals surface area contributed by atoms with Gasteiger partial charge in [-0.2, -0.15) is 0 Å². The fourth-order valence-electron chi connectivity index (χ4n) is 1.41. The molecule has 1 aromatic rings. The Balaban J connectivity index is 2.02. The number of hydrogen-bond acceptors (Lipinski definition) is 5. The van der Waals surface area contributed by atoms with Crippen molar-refractivity contribution in [3.05, 3.63) is 12.2 Å². The van der Waals surface area contributed by atoms with Crippen LogP contribution in [-0.2, 0) is 18.4 Å². The number of nitrogens with zero attached hydrogens (tertiary/aromatic N) is 3. The summed E-state index contributed by atoms with van der Waals surface area (Å²) >= 11 is 0. The number of nitrogens with one attached hydrogen (secondary N) is 1. The first kappa shape index (κ1) is 13.6. The van der Waals surface area contributed by atoms with Gasteiger partial charge < -0.3 is 20.7 Å². The van der Waals surface area contributed by atoms with Crippen LogP contribution in [0.1, 0.15) is 25.1 Å². The molecule has 0 fully saturated rings. The van der Waals surface area contributed by atoms with Gasteiger partial charge in [0.2, 0.25) is 0 Å². The van der Waals surface area contributed by atoms with E-state index in [0.717, 1.165) is 25.2 Å². The van der Waals surface area contributed by atoms with Crippen molar-refractivity contribution in [3.63, 3.8) is 0 Å². The number of aliphatic carboxylic acids is 1. The molecule has 0 saturated carbocycles. The Morgan fingerprint density at radius 3 is 3.00 bits per heavy atom. The maximum Gasteiger partial charge on any atom is 0.320 e. The number of aromatic nitrogens is 3. The summed E-state index contributed by atoms with van der Waals surface area (Å²) in [5.74, 6) is -0.0516. The molecule has 0 aliphatic heterocycles. The molecule has 4 N–H and O–H groups in total. The molecule has 1 aromatic heterocycles. The van der Waals surface area contributed by atoms with Gasteiger partial charge in [0.1, 0.15) is 18.2 Å². The third-order valence-corrected chi connectivity index (χ3v) is 2.52. The third-order valence-electron chi connectivity index (χ3n) is 2.52. The number of unbranched alkanes of at least 4 members (excludes halogenated alkanes) is 1. The molecule has 0 bridgehead atoms. The minimum Gasteiger partial charge on any atom is -0.480 e. The largest absolute Gasteiger partial charge is 0.480 e. The lowest BCUT2D eigenvalue weighted by molar-refractivity contribution is -0.138. The SMILES string of the molecule is Cn1cnnc1CNCCCCC(N)C(=O)O. The fraction of sp³-hybridized carbons (Fsp3) is 0.700. The molecule has 0 aliphatic rings. The Hall–Kier alpha value is -1.47. The second-order valence-electron chi connectivity index (χ2n) is 3.98. The van der Waals surface area contributed by atoms with E-state index in [1.54, 1.807) is 6.33 Å². The second kappa shape index (κ2) is 6.97. The van der Waals surface area contributed by atoms with Crippen molar-refractivity contribution < 1.29 is 9.90 Å². The van der Waals surface area contributed by atoms with Crippen LogP contribution >= 0.6 is 0 Å². The van der Waals surface area contributed by atoms with Crippen LogP contribution in [0.2, 0.25) is 0 Å². The molecule has 1 rings (SSSR count). The van der Waals surface area contributed by atoms with Crippen LogP contribution in [-0.4, -0.2) is 38.4 Å². The molecule has 0 radical (unpaired) electrons. The molecule has 0 spiro atoms. The van der Waals surface area contributed by atoms with Crippen LogP contribution in [0.5, 0.6) is 0 Å². The van der Waals surface area contributed by atoms with Crippen LogP contribution in [0, 0.1) is 0 Å². The summed E-state index contributed by atoms with van der Waals surface area (Å²) in [7, 11) is 1.89. The number of carbonyl (C=O) groups is 1. The van der Waals surface area contributed by atoms with Gasteiger partial charge in [0, 0.05) is 7.05 Å². The average Bonchev–Trinajstić information content (AvgIpc) is 2.68. The van der Waals surface area contributed by atoms with Crippen LogP contribution in [0.4, 0.5) is 0 Å². The lowest BCUT2D eigenvalue weighted by Gasteiger charge is -2.06. The molecule has 7 nitrogen and oxygen atoms in total. The van der Waals surface area contributed by atoms with Gasteiger partial charge in [-0.3, -0.25) is 4.79 Å². The summed E-state index contributed by atoms with van der Waals surface area (Å²) in [5.41, 5.74) is 5.39. The summed E-state index contributed by atoms with van der Waals surface area (Å²) in [6.07, 6.45) is 3.88. The van der Waals surface area contributed by atoms with Gasteiger partial charge in [0.15, 0.2) is 0 Å². The molecule has 0 aliphatic carbocycles. The standard InChI is InChI=1S/C10H19N5O2/c1-15-7-13-14-9(15)6-12-5-3-2-4-8(11)10(16)17/h7-8,12H,2-6,11H2,1H3,(H,16,17). The highest BCUT2D eigenvalue weighted by atomic mass is 16.4. The van der Waals surface area contributed by atoms with Crippen LogP contribution < -0.4 is 11.1 Å². The zero-order valence-corrected chi connectivity index (χ0v) is 9.96. The maximum atomic E-state index is 10.5. The van der Waals surface area contributed by atoms with Crippen molar-refractivity contribution in [1.29, 1.82) is 0 Å². The highest BCUT2D eigenvalue weighted by Crippen LogP contribution is 1.98. The first-order chi connectivity index (χ1) is 8.11. The number of nitrogens with two attached hydrogens (primary N) is 1. The topological polar surface area (TPSA) is 106 Å². The molecule has 7 heteroatoms. The number of carboxylic acids is 1. The highest BCUT2D eigenvalue weighted by molar-refractivity contribution is 5.72. The molecule has 17 heavy (non-hydrogen) atoms. The van der Waals surface area contributed by atoms with Gasteiger partial charge in [-0.25, -0.2) is 0 Å². The monoisotopic (exact) mass is 241 g/mol. The Morgan fingerprint density at radius 2 is 2.41 bits per heavy atom. The van der Waals surface area contributed by atoms with Crippen LogP contribution in [0.25, 0.3) is 0 Å². The van der Waals surface area contributed by atoms with Crippen molar-refractivity contribution in [1.82, 2.24) is 20.1 Å². The van der Waals surface area contributed by atoms with Crippen molar-refractivity contribution >= 4 is 5.97 Å². The Labute approximate surface area is 100 Å². The molecule has 1 atom stereocenters. The Bertz CT molecular complexity index is 352. The van der Waals surface area contributed by atoms with Gasteiger partial charge in [-0.05, 0) is 19.4 Å². The van der Waals surface area contributed by atoms with E-state index >= 15 is 0 Å². The number of carboxylic acid groups (broad SMARTS) is 1. The van der Waals surface area contributed by atoms with Crippen LogP contribution in [0.15, 0.2) is 6.33 Å². The van der Waals surface area contributed by atoms with E-state index in [9.17, 15) is 4.79 Å². The highest BCUT2D eigenvalue weighted by Gasteiger charge is 2.09. The molecule has 0 saturated heterocycles. The minimum atomic E-state index is -0.933. The Kier molecular flexibility index (Phi) is 5.58. The molecule has 1 heterocycles. The Morgan fingerprint density at radius 1 is 1.65 bits per heavy atom. The zero-order chi connectivity index (χ0) is 12.7. The van der Waals surface area contributed by atoms with Gasteiger partial charge >= 0.3 is 5.97 Å². The number of hydrogen-bond donors (Lipinski definition) is 3. The van der Waals surface area contributed by atoms with Crippen LogP contribution in [0.3, 0.4) is 0 Å². The van der Waals surface area contributed by atoms with Gasteiger partial charge in [0.05, 0.1) is 6.54 Å². The molecule has 1 unspecified atom stereocenters. The summed E-state index contributed by atoms with van der Waals surface area (Å²) in [6.45, 7) is 1.49. The molecule has 96 valence electrons. The minimum absolute atomic E-state index is 0.515. The van der Waals surface area contributed by atoms with Gasteiger partial charge in [-0.15, -0.1) is 10.2 Å². The van der Waals surface area contributed by atoms with E-state index in [0.29, 0.717) is 13.0 Å². The molecule has 0 amide bonds. The predicted molar refractivity (Wildman–Crippen MR) is 62.2 cm³/mol. The lowest BCUT2D eigenvalue weighted by Crippen LogP contribution is -2.30. The number of rotatable bonds is 8. The predicted octanol–water partition coefficient (Wildman–Crippen LogP) is -0.513. The third kappa shape index (κ3) is 4.92. The van der Waals surface area contributed by atoms with Crippen molar-refractivity contribution in [2.75, 3.05) is 6.54 Å². The van der Waals surface area contributed by atoms with Gasteiger partial charge in [-0.1, -0.05) is 6.42 Å². The van der Waals surface area contributed by atoms with Crippen molar-refractivity contribution in [2.24, 2.45) is 12.8 Å². The smallest absolute Gasteiger partial charge is 0.320 e. The van der Waals surface area contributed by atoms with E-state index in [4.69, 9.17) is 10.8 Å².